The largest absolute Gasteiger partial charge is 0.494 e. The first kappa shape index (κ1) is 19.2. The van der Waals surface area contributed by atoms with Crippen LogP contribution in [0, 0.1) is 6.92 Å². The summed E-state index contributed by atoms with van der Waals surface area (Å²) < 4.78 is 12.3. The highest BCUT2D eigenvalue weighted by Crippen LogP contribution is 2.37. The van der Waals surface area contributed by atoms with E-state index in [2.05, 4.69) is 0 Å². The molecule has 146 valence electrons. The maximum Gasteiger partial charge on any atom is 0.260 e. The van der Waals surface area contributed by atoms with Gasteiger partial charge in [-0.25, -0.2) is 4.98 Å². The molecule has 3 aromatic rings. The molecule has 1 atom stereocenters. The van der Waals surface area contributed by atoms with Crippen LogP contribution in [-0.4, -0.2) is 37.3 Å². The third-order valence-electron chi connectivity index (χ3n) is 4.87. The van der Waals surface area contributed by atoms with E-state index in [1.807, 2.05) is 19.1 Å². The predicted octanol–water partition coefficient (Wildman–Crippen LogP) is 5.09. The molecule has 2 heterocycles. The molecular formula is C21H21ClN2O3S. The maximum atomic E-state index is 13.3. The molecule has 0 spiro atoms. The van der Waals surface area contributed by atoms with Gasteiger partial charge in [-0.1, -0.05) is 35.1 Å². The monoisotopic (exact) mass is 416 g/mol. The van der Waals surface area contributed by atoms with Gasteiger partial charge in [-0.05, 0) is 49.6 Å². The number of aryl methyl sites for hydroxylation is 1. The van der Waals surface area contributed by atoms with Gasteiger partial charge in [-0.3, -0.25) is 9.69 Å². The van der Waals surface area contributed by atoms with Crippen LogP contribution in [0.25, 0.3) is 10.2 Å². The number of carbonyl (C=O) groups is 1. The Morgan fingerprint density at radius 1 is 1.39 bits per heavy atom. The maximum absolute atomic E-state index is 13.3. The SMILES string of the molecule is COc1ccc(C)c2sc(N(CC3CCCO3)C(=O)c3cccc(Cl)c3)nc12. The average Bonchev–Trinajstić information content (AvgIpc) is 3.36. The third kappa shape index (κ3) is 3.72. The number of nitrogens with zero attached hydrogens (tertiary/aromatic N) is 2. The minimum absolute atomic E-state index is 0.0122. The number of hydrogen-bond acceptors (Lipinski definition) is 5. The smallest absolute Gasteiger partial charge is 0.260 e. The van der Waals surface area contributed by atoms with Gasteiger partial charge >= 0.3 is 0 Å². The molecule has 0 aliphatic carbocycles. The highest BCUT2D eigenvalue weighted by molar-refractivity contribution is 7.22. The number of ether oxygens (including phenoxy) is 2. The van der Waals surface area contributed by atoms with Crippen molar-refractivity contribution < 1.29 is 14.3 Å². The van der Waals surface area contributed by atoms with Gasteiger partial charge in [0, 0.05) is 17.2 Å². The highest BCUT2D eigenvalue weighted by Gasteiger charge is 2.28. The van der Waals surface area contributed by atoms with Crippen LogP contribution < -0.4 is 9.64 Å². The molecule has 1 aliphatic heterocycles. The fourth-order valence-electron chi connectivity index (χ4n) is 3.40. The second kappa shape index (κ2) is 8.07. The number of halogens is 1. The van der Waals surface area contributed by atoms with Crippen LogP contribution in [0.1, 0.15) is 28.8 Å². The Labute approximate surface area is 172 Å². The molecular weight excluding hydrogens is 396 g/mol. The zero-order valence-corrected chi connectivity index (χ0v) is 17.3. The average molecular weight is 417 g/mol. The van der Waals surface area contributed by atoms with Gasteiger partial charge in [-0.15, -0.1) is 0 Å². The lowest BCUT2D eigenvalue weighted by atomic mass is 10.2. The summed E-state index contributed by atoms with van der Waals surface area (Å²) in [5.74, 6) is 0.573. The molecule has 0 N–H and O–H groups in total. The summed E-state index contributed by atoms with van der Waals surface area (Å²) in [5, 5.41) is 1.17. The topological polar surface area (TPSA) is 51.7 Å². The van der Waals surface area contributed by atoms with E-state index in [0.29, 0.717) is 28.0 Å². The van der Waals surface area contributed by atoms with E-state index in [1.165, 1.54) is 11.3 Å². The molecule has 4 rings (SSSR count). The first-order chi connectivity index (χ1) is 13.6. The summed E-state index contributed by atoms with van der Waals surface area (Å²) in [6.45, 7) is 3.23. The number of rotatable bonds is 5. The molecule has 5 nitrogen and oxygen atoms in total. The Morgan fingerprint density at radius 3 is 2.96 bits per heavy atom. The second-order valence-corrected chi connectivity index (χ2v) is 8.23. The highest BCUT2D eigenvalue weighted by atomic mass is 35.5. The van der Waals surface area contributed by atoms with Crippen molar-refractivity contribution in [2.75, 3.05) is 25.2 Å². The number of carbonyl (C=O) groups excluding carboxylic acids is 1. The number of benzene rings is 2. The van der Waals surface area contributed by atoms with Gasteiger partial charge in [0.2, 0.25) is 0 Å². The Morgan fingerprint density at radius 2 is 2.25 bits per heavy atom. The zero-order chi connectivity index (χ0) is 19.7. The van der Waals surface area contributed by atoms with Crippen molar-refractivity contribution in [2.45, 2.75) is 25.9 Å². The van der Waals surface area contributed by atoms with E-state index < -0.39 is 0 Å². The molecule has 0 radical (unpaired) electrons. The number of aromatic nitrogens is 1. The van der Waals surface area contributed by atoms with Gasteiger partial charge in [0.25, 0.3) is 5.91 Å². The lowest BCUT2D eigenvalue weighted by Gasteiger charge is -2.23. The molecule has 1 saturated heterocycles. The van der Waals surface area contributed by atoms with Crippen LogP contribution in [0.15, 0.2) is 36.4 Å². The number of hydrogen-bond donors (Lipinski definition) is 0. The Bertz CT molecular complexity index is 1010. The van der Waals surface area contributed by atoms with Crippen LogP contribution in [0.3, 0.4) is 0 Å². The van der Waals surface area contributed by atoms with Crippen LogP contribution >= 0.6 is 22.9 Å². The fraction of sp³-hybridized carbons (Fsp3) is 0.333. The minimum atomic E-state index is -0.131. The first-order valence-corrected chi connectivity index (χ1v) is 10.4. The summed E-state index contributed by atoms with van der Waals surface area (Å²) in [6.07, 6.45) is 1.96. The molecule has 1 fully saturated rings. The van der Waals surface area contributed by atoms with Crippen molar-refractivity contribution >= 4 is 44.2 Å². The molecule has 1 aromatic heterocycles. The van der Waals surface area contributed by atoms with Gasteiger partial charge in [0.05, 0.1) is 24.5 Å². The Kier molecular flexibility index (Phi) is 5.53. The standard InChI is InChI=1S/C21H21ClN2O3S/c1-13-8-9-17(26-2)18-19(13)28-21(23-18)24(12-16-7-4-10-27-16)20(25)14-5-3-6-15(22)11-14/h3,5-6,8-9,11,16H,4,7,10,12H2,1-2H3. The van der Waals surface area contributed by atoms with Crippen molar-refractivity contribution in [2.24, 2.45) is 0 Å². The van der Waals surface area contributed by atoms with Crippen LogP contribution in [0.2, 0.25) is 5.02 Å². The molecule has 0 bridgehead atoms. The van der Waals surface area contributed by atoms with Gasteiger partial charge in [-0.2, -0.15) is 0 Å². The number of anilines is 1. The molecule has 1 aliphatic rings. The van der Waals surface area contributed by atoms with E-state index in [-0.39, 0.29) is 12.0 Å². The quantitative estimate of drug-likeness (QED) is 0.581. The normalized spacial score (nSPS) is 16.5. The summed E-state index contributed by atoms with van der Waals surface area (Å²) in [7, 11) is 1.63. The van der Waals surface area contributed by atoms with E-state index in [1.54, 1.807) is 36.3 Å². The Balaban J connectivity index is 1.77. The van der Waals surface area contributed by atoms with Crippen LogP contribution in [0.5, 0.6) is 5.75 Å². The summed E-state index contributed by atoms with van der Waals surface area (Å²) >= 11 is 7.61. The third-order valence-corrected chi connectivity index (χ3v) is 6.32. The van der Waals surface area contributed by atoms with Crippen molar-refractivity contribution in [3.05, 3.63) is 52.5 Å². The minimum Gasteiger partial charge on any atom is -0.494 e. The summed E-state index contributed by atoms with van der Waals surface area (Å²) in [6, 6.07) is 10.9. The van der Waals surface area contributed by atoms with E-state index in [4.69, 9.17) is 26.1 Å². The molecule has 28 heavy (non-hydrogen) atoms. The number of amides is 1. The van der Waals surface area contributed by atoms with Crippen molar-refractivity contribution in [1.82, 2.24) is 4.98 Å². The van der Waals surface area contributed by atoms with E-state index in [9.17, 15) is 4.79 Å². The molecule has 1 amide bonds. The predicted molar refractivity (Wildman–Crippen MR) is 113 cm³/mol. The number of fused-ring (bicyclic) bond motifs is 1. The number of thiazole rings is 1. The van der Waals surface area contributed by atoms with Crippen LogP contribution in [-0.2, 0) is 4.74 Å². The second-order valence-electron chi connectivity index (χ2n) is 6.82. The zero-order valence-electron chi connectivity index (χ0n) is 15.8. The van der Waals surface area contributed by atoms with Gasteiger partial charge in [0.15, 0.2) is 5.13 Å². The van der Waals surface area contributed by atoms with Crippen molar-refractivity contribution in [3.63, 3.8) is 0 Å². The van der Waals surface area contributed by atoms with Gasteiger partial charge in [0.1, 0.15) is 11.3 Å². The fourth-order valence-corrected chi connectivity index (χ4v) is 4.65. The summed E-state index contributed by atoms with van der Waals surface area (Å²) in [4.78, 5) is 19.8. The van der Waals surface area contributed by atoms with Gasteiger partial charge < -0.3 is 9.47 Å². The van der Waals surface area contributed by atoms with Crippen LogP contribution in [0.4, 0.5) is 5.13 Å². The molecule has 2 aromatic carbocycles. The molecule has 0 saturated carbocycles. The lowest BCUT2D eigenvalue weighted by molar-refractivity contribution is 0.0917. The number of methoxy groups -OCH3 is 1. The lowest BCUT2D eigenvalue weighted by Crippen LogP contribution is -2.37. The van der Waals surface area contributed by atoms with Crippen molar-refractivity contribution in [3.8, 4) is 5.75 Å². The molecule has 7 heteroatoms. The summed E-state index contributed by atoms with van der Waals surface area (Å²) in [5.41, 5.74) is 2.42. The van der Waals surface area contributed by atoms with E-state index in [0.717, 1.165) is 35.2 Å². The van der Waals surface area contributed by atoms with Crippen molar-refractivity contribution in [1.29, 1.82) is 0 Å². The molecule has 1 unspecified atom stereocenters. The first-order valence-electron chi connectivity index (χ1n) is 9.20. The van der Waals surface area contributed by atoms with E-state index >= 15 is 0 Å². The Hall–Kier alpha value is -2.15.